The van der Waals surface area contributed by atoms with Gasteiger partial charge in [-0.2, -0.15) is 25.3 Å². The number of allylic oxidation sites excluding steroid dienone is 3. The molecular formula is C30H50O12S3. The number of rotatable bonds is 10. The number of fused-ring (bicyclic) bond motifs is 5. The fourth-order valence-corrected chi connectivity index (χ4v) is 11.1. The fourth-order valence-electron chi connectivity index (χ4n) is 9.56. The van der Waals surface area contributed by atoms with Crippen molar-refractivity contribution in [2.75, 3.05) is 0 Å². The summed E-state index contributed by atoms with van der Waals surface area (Å²) in [5, 5.41) is 0. The van der Waals surface area contributed by atoms with E-state index in [-0.39, 0.29) is 41.9 Å². The topological polar surface area (TPSA) is 191 Å². The molecule has 0 aromatic rings. The Balaban J connectivity index is 1.75. The lowest BCUT2D eigenvalue weighted by atomic mass is 9.42. The Morgan fingerprint density at radius 2 is 1.47 bits per heavy atom. The molecule has 0 heterocycles. The van der Waals surface area contributed by atoms with Gasteiger partial charge in [-0.15, -0.1) is 0 Å². The molecule has 0 bridgehead atoms. The van der Waals surface area contributed by atoms with E-state index in [2.05, 4.69) is 47.3 Å². The van der Waals surface area contributed by atoms with E-state index in [0.29, 0.717) is 11.8 Å². The molecule has 5 unspecified atom stereocenters. The Hall–Kier alpha value is -0.910. The lowest BCUT2D eigenvalue weighted by Gasteiger charge is -2.64. The summed E-state index contributed by atoms with van der Waals surface area (Å²) in [4.78, 5) is 0. The van der Waals surface area contributed by atoms with Crippen molar-refractivity contribution in [1.82, 2.24) is 0 Å². The fraction of sp³-hybridized carbons (Fsp3) is 0.867. The highest BCUT2D eigenvalue weighted by atomic mass is 32.3. The van der Waals surface area contributed by atoms with Gasteiger partial charge in [-0.05, 0) is 91.3 Å². The molecule has 0 radical (unpaired) electrons. The molecule has 4 aliphatic carbocycles. The Morgan fingerprint density at radius 1 is 0.933 bits per heavy atom. The Morgan fingerprint density at radius 3 is 1.98 bits per heavy atom. The van der Waals surface area contributed by atoms with E-state index in [1.165, 1.54) is 5.57 Å². The van der Waals surface area contributed by atoms with Crippen molar-refractivity contribution < 1.29 is 51.5 Å². The third-order valence-corrected chi connectivity index (χ3v) is 13.7. The SMILES string of the molecule is C=C(CC[C@@H](C)[C@H]1CCC2C3CC(OS(=O)(=O)O)[C@@]4(C)CC(OS(=O)(=O)O)C(OS(=O)(=O)O)C[C@]4(C)C3=CC[C@@]21C)C(C)(C)C. The van der Waals surface area contributed by atoms with Gasteiger partial charge in [0.05, 0.1) is 6.10 Å². The minimum atomic E-state index is -5.11. The summed E-state index contributed by atoms with van der Waals surface area (Å²) in [6, 6.07) is 0. The number of hydrogen-bond acceptors (Lipinski definition) is 9. The Labute approximate surface area is 269 Å². The highest BCUT2D eigenvalue weighted by Crippen LogP contribution is 2.70. The monoisotopic (exact) mass is 698 g/mol. The van der Waals surface area contributed by atoms with Crippen LogP contribution in [0.2, 0.25) is 0 Å². The molecule has 12 nitrogen and oxygen atoms in total. The van der Waals surface area contributed by atoms with Crippen LogP contribution in [0.25, 0.3) is 0 Å². The first-order valence-corrected chi connectivity index (χ1v) is 19.7. The second-order valence-corrected chi connectivity index (χ2v) is 18.8. The molecule has 0 aromatic carbocycles. The highest BCUT2D eigenvalue weighted by Gasteiger charge is 2.67. The highest BCUT2D eigenvalue weighted by molar-refractivity contribution is 7.81. The second-order valence-electron chi connectivity index (χ2n) is 15.7. The first-order valence-electron chi connectivity index (χ1n) is 15.6. The maximum absolute atomic E-state index is 12.2. The molecule has 3 fully saturated rings. The summed E-state index contributed by atoms with van der Waals surface area (Å²) < 4.78 is 116. The number of hydrogen-bond donors (Lipinski definition) is 3. The molecule has 0 aromatic heterocycles. The molecule has 3 N–H and O–H groups in total. The third-order valence-electron chi connectivity index (χ3n) is 12.2. The van der Waals surface area contributed by atoms with Gasteiger partial charge in [0.2, 0.25) is 0 Å². The van der Waals surface area contributed by atoms with Crippen molar-refractivity contribution in [2.45, 2.75) is 118 Å². The molecule has 0 saturated heterocycles. The molecule has 10 atom stereocenters. The van der Waals surface area contributed by atoms with Crippen LogP contribution in [0.4, 0.5) is 0 Å². The van der Waals surface area contributed by atoms with Crippen LogP contribution in [-0.2, 0) is 43.7 Å². The van der Waals surface area contributed by atoms with Gasteiger partial charge in [-0.3, -0.25) is 13.7 Å². The van der Waals surface area contributed by atoms with Crippen molar-refractivity contribution in [3.8, 4) is 0 Å². The third kappa shape index (κ3) is 7.41. The van der Waals surface area contributed by atoms with Crippen molar-refractivity contribution in [2.24, 2.45) is 45.3 Å². The summed E-state index contributed by atoms with van der Waals surface area (Å²) in [5.41, 5.74) is -0.176. The standard InChI is InChI=1S/C30H50O12S3/c1-18(9-10-19(2)27(3,4)5)21-11-12-22-20-15-26(42-45(37,38)39)30(8)17-25(41-44(34,35)36)24(40-43(31,32)33)16-29(30,7)23(20)13-14-28(21,22)6/h13,18,20-22,24-26H,2,9-12,14-17H2,1,3-8H3,(H,31,32,33)(H,34,35,36)(H,37,38,39)/t18-,20?,21-,22?,24?,25?,26?,28-,29-,30-/m1/s1. The minimum Gasteiger partial charge on any atom is -0.264 e. The van der Waals surface area contributed by atoms with Crippen molar-refractivity contribution in [3.05, 3.63) is 23.8 Å². The molecule has 0 spiro atoms. The van der Waals surface area contributed by atoms with Gasteiger partial charge < -0.3 is 0 Å². The van der Waals surface area contributed by atoms with Crippen LogP contribution >= 0.6 is 0 Å². The predicted octanol–water partition coefficient (Wildman–Crippen LogP) is 5.76. The summed E-state index contributed by atoms with van der Waals surface area (Å²) in [6.45, 7) is 18.9. The molecule has 3 saturated carbocycles. The van der Waals surface area contributed by atoms with E-state index in [9.17, 15) is 38.9 Å². The molecule has 260 valence electrons. The van der Waals surface area contributed by atoms with Gasteiger partial charge in [0.25, 0.3) is 0 Å². The van der Waals surface area contributed by atoms with E-state index in [1.54, 1.807) is 6.92 Å². The lowest BCUT2D eigenvalue weighted by molar-refractivity contribution is -0.159. The molecule has 4 aliphatic rings. The van der Waals surface area contributed by atoms with Gasteiger partial charge in [0.15, 0.2) is 0 Å². The summed E-state index contributed by atoms with van der Waals surface area (Å²) >= 11 is 0. The van der Waals surface area contributed by atoms with Crippen molar-refractivity contribution in [1.29, 1.82) is 0 Å². The lowest BCUT2D eigenvalue weighted by Crippen LogP contribution is -2.64. The Kier molecular flexibility index (Phi) is 9.76. The van der Waals surface area contributed by atoms with Crippen LogP contribution in [0.15, 0.2) is 23.8 Å². The van der Waals surface area contributed by atoms with E-state index >= 15 is 0 Å². The van der Waals surface area contributed by atoms with E-state index in [1.807, 2.05) is 6.92 Å². The molecular weight excluding hydrogens is 649 g/mol. The molecule has 45 heavy (non-hydrogen) atoms. The van der Waals surface area contributed by atoms with E-state index in [4.69, 9.17) is 12.5 Å². The quantitative estimate of drug-likeness (QED) is 0.185. The molecule has 0 amide bonds. The smallest absolute Gasteiger partial charge is 0.264 e. The van der Waals surface area contributed by atoms with Gasteiger partial charge in [0.1, 0.15) is 12.2 Å². The van der Waals surface area contributed by atoms with E-state index < -0.39 is 60.3 Å². The van der Waals surface area contributed by atoms with Crippen LogP contribution in [0, 0.1) is 45.3 Å². The molecule has 0 aliphatic heterocycles. The normalized spacial score (nSPS) is 39.7. The summed E-state index contributed by atoms with van der Waals surface area (Å²) in [6.07, 6.45) is 2.09. The van der Waals surface area contributed by atoms with Crippen LogP contribution in [0.1, 0.15) is 99.8 Å². The second kappa shape index (κ2) is 11.9. The van der Waals surface area contributed by atoms with Gasteiger partial charge in [-0.1, -0.05) is 72.3 Å². The van der Waals surface area contributed by atoms with Crippen LogP contribution in [0.5, 0.6) is 0 Å². The van der Waals surface area contributed by atoms with Crippen molar-refractivity contribution in [3.63, 3.8) is 0 Å². The first-order chi connectivity index (χ1) is 20.2. The van der Waals surface area contributed by atoms with Crippen LogP contribution in [-0.4, -0.2) is 57.2 Å². The minimum absolute atomic E-state index is 0.0267. The van der Waals surface area contributed by atoms with Crippen LogP contribution < -0.4 is 0 Å². The summed E-state index contributed by atoms with van der Waals surface area (Å²) in [5.74, 6) is 0.756. The van der Waals surface area contributed by atoms with Gasteiger partial charge >= 0.3 is 31.2 Å². The summed E-state index contributed by atoms with van der Waals surface area (Å²) in [7, 11) is -15.2. The molecule has 4 rings (SSSR count). The average Bonchev–Trinajstić information content (AvgIpc) is 3.19. The van der Waals surface area contributed by atoms with Gasteiger partial charge in [-0.25, -0.2) is 12.5 Å². The maximum Gasteiger partial charge on any atom is 0.397 e. The zero-order valence-electron chi connectivity index (χ0n) is 27.2. The zero-order chi connectivity index (χ0) is 34.2. The van der Waals surface area contributed by atoms with Gasteiger partial charge in [0, 0.05) is 5.41 Å². The predicted molar refractivity (Wildman–Crippen MR) is 167 cm³/mol. The van der Waals surface area contributed by atoms with Crippen LogP contribution in [0.3, 0.4) is 0 Å². The maximum atomic E-state index is 12.2. The zero-order valence-corrected chi connectivity index (χ0v) is 29.7. The van der Waals surface area contributed by atoms with Crippen molar-refractivity contribution >= 4 is 31.2 Å². The van der Waals surface area contributed by atoms with E-state index in [0.717, 1.165) is 37.7 Å². The Bertz CT molecular complexity index is 1530. The first kappa shape index (κ1) is 36.9. The average molecular weight is 699 g/mol. The largest absolute Gasteiger partial charge is 0.397 e. The molecule has 15 heteroatoms.